The lowest BCUT2D eigenvalue weighted by Crippen LogP contribution is -2.34. The number of pyridine rings is 1. The zero-order valence-electron chi connectivity index (χ0n) is 15.1. The van der Waals surface area contributed by atoms with Crippen molar-refractivity contribution < 1.29 is 18.0 Å². The number of amides is 2. The van der Waals surface area contributed by atoms with Crippen LogP contribution in [0.15, 0.2) is 35.3 Å². The first-order valence-electron chi connectivity index (χ1n) is 8.29. The molecule has 2 N–H and O–H groups in total. The molecule has 1 heterocycles. The number of nitrogens with one attached hydrogen (secondary N) is 2. The average Bonchev–Trinajstić information content (AvgIpc) is 2.67. The molecule has 0 bridgehead atoms. The molecule has 0 fully saturated rings. The van der Waals surface area contributed by atoms with Gasteiger partial charge >= 0.3 is 6.03 Å². The molecule has 0 aliphatic carbocycles. The third-order valence-electron chi connectivity index (χ3n) is 4.58. The van der Waals surface area contributed by atoms with Crippen LogP contribution in [0.4, 0.5) is 23.7 Å². The minimum atomic E-state index is -1.26. The molecular weight excluding hydrogens is 430 g/mol. The molecule has 29 heavy (non-hydrogen) atoms. The van der Waals surface area contributed by atoms with Crippen molar-refractivity contribution in [2.24, 2.45) is 0 Å². The van der Waals surface area contributed by atoms with E-state index < -0.39 is 40.5 Å². The molecule has 10 heteroatoms. The normalized spacial score (nSPS) is 12.1. The van der Waals surface area contributed by atoms with Gasteiger partial charge in [-0.25, -0.2) is 18.0 Å². The predicted octanol–water partition coefficient (Wildman–Crippen LogP) is 5.48. The number of aromatic nitrogens is 1. The number of halogens is 5. The van der Waals surface area contributed by atoms with E-state index in [1.54, 1.807) is 6.92 Å². The Hall–Kier alpha value is -2.71. The van der Waals surface area contributed by atoms with Gasteiger partial charge in [-0.2, -0.15) is 0 Å². The van der Waals surface area contributed by atoms with Crippen LogP contribution in [0.1, 0.15) is 18.5 Å². The molecule has 0 unspecified atom stereocenters. The Morgan fingerprint density at radius 1 is 1.14 bits per heavy atom. The number of H-pyrrole nitrogens is 1. The number of benzene rings is 2. The van der Waals surface area contributed by atoms with Gasteiger partial charge in [0.1, 0.15) is 0 Å². The van der Waals surface area contributed by atoms with Crippen LogP contribution < -0.4 is 10.9 Å². The zero-order chi connectivity index (χ0) is 21.5. The smallest absolute Gasteiger partial charge is 0.322 e. The van der Waals surface area contributed by atoms with Gasteiger partial charge in [-0.05, 0) is 36.1 Å². The lowest BCUT2D eigenvalue weighted by atomic mass is 10.0. The van der Waals surface area contributed by atoms with Gasteiger partial charge in [0.2, 0.25) is 0 Å². The quantitative estimate of drug-likeness (QED) is 0.526. The van der Waals surface area contributed by atoms with Crippen LogP contribution in [0.5, 0.6) is 0 Å². The van der Waals surface area contributed by atoms with Gasteiger partial charge in [0.15, 0.2) is 17.5 Å². The molecule has 0 aliphatic heterocycles. The second-order valence-corrected chi connectivity index (χ2v) is 7.14. The highest BCUT2D eigenvalue weighted by molar-refractivity contribution is 6.35. The van der Waals surface area contributed by atoms with Gasteiger partial charge in [-0.3, -0.25) is 4.79 Å². The second kappa shape index (κ2) is 7.96. The number of rotatable bonds is 3. The van der Waals surface area contributed by atoms with Gasteiger partial charge in [-0.15, -0.1) is 0 Å². The Morgan fingerprint density at radius 2 is 1.76 bits per heavy atom. The summed E-state index contributed by atoms with van der Waals surface area (Å²) < 4.78 is 41.2. The van der Waals surface area contributed by atoms with Gasteiger partial charge < -0.3 is 15.2 Å². The lowest BCUT2D eigenvalue weighted by Gasteiger charge is -2.26. The third kappa shape index (κ3) is 3.90. The summed E-state index contributed by atoms with van der Waals surface area (Å²) in [4.78, 5) is 28.2. The Bertz CT molecular complexity index is 1160. The summed E-state index contributed by atoms with van der Waals surface area (Å²) in [5, 5.41) is 1.76. The van der Waals surface area contributed by atoms with Crippen molar-refractivity contribution in [2.45, 2.75) is 13.0 Å². The maximum absolute atomic E-state index is 14.1. The molecule has 2 aromatic carbocycles. The highest BCUT2D eigenvalue weighted by atomic mass is 35.5. The van der Waals surface area contributed by atoms with Crippen molar-refractivity contribution in [1.29, 1.82) is 0 Å². The molecular formula is C19H14Cl2F3N3O2. The van der Waals surface area contributed by atoms with E-state index in [1.165, 1.54) is 36.3 Å². The highest BCUT2D eigenvalue weighted by Crippen LogP contribution is 2.30. The summed E-state index contributed by atoms with van der Waals surface area (Å²) in [6, 6.07) is 3.35. The largest absolute Gasteiger partial charge is 0.328 e. The summed E-state index contributed by atoms with van der Waals surface area (Å²) >= 11 is 11.4. The lowest BCUT2D eigenvalue weighted by molar-refractivity contribution is 0.208. The zero-order valence-corrected chi connectivity index (χ0v) is 16.6. The molecule has 1 atom stereocenters. The van der Waals surface area contributed by atoms with Gasteiger partial charge in [0, 0.05) is 18.9 Å². The molecule has 1 aromatic heterocycles. The van der Waals surface area contributed by atoms with E-state index in [0.717, 1.165) is 6.07 Å². The van der Waals surface area contributed by atoms with Crippen molar-refractivity contribution in [3.05, 3.63) is 73.9 Å². The molecule has 3 aromatic rings. The van der Waals surface area contributed by atoms with Crippen LogP contribution in [0.2, 0.25) is 10.0 Å². The summed E-state index contributed by atoms with van der Waals surface area (Å²) in [5.41, 5.74) is -0.216. The van der Waals surface area contributed by atoms with E-state index in [-0.39, 0.29) is 21.1 Å². The molecule has 2 amide bonds. The number of carbonyl (C=O) groups excluding carboxylic acids is 1. The van der Waals surface area contributed by atoms with Gasteiger partial charge in [0.25, 0.3) is 5.56 Å². The highest BCUT2D eigenvalue weighted by Gasteiger charge is 2.22. The van der Waals surface area contributed by atoms with E-state index >= 15 is 0 Å². The monoisotopic (exact) mass is 443 g/mol. The van der Waals surface area contributed by atoms with Crippen LogP contribution in [0, 0.1) is 17.5 Å². The summed E-state index contributed by atoms with van der Waals surface area (Å²) in [7, 11) is 1.46. The number of anilines is 1. The summed E-state index contributed by atoms with van der Waals surface area (Å²) in [6.45, 7) is 1.64. The number of nitrogens with zero attached hydrogens (tertiary/aromatic N) is 1. The molecule has 0 saturated carbocycles. The Labute approximate surface area is 173 Å². The molecule has 0 radical (unpaired) electrons. The number of fused-ring (bicyclic) bond motifs is 1. The minimum absolute atomic E-state index is 0.171. The molecule has 3 rings (SSSR count). The Kier molecular flexibility index (Phi) is 5.77. The molecule has 0 aliphatic rings. The first kappa shape index (κ1) is 21.0. The maximum atomic E-state index is 14.1. The fourth-order valence-corrected chi connectivity index (χ4v) is 3.36. The standard InChI is InChI=1S/C19H14Cl2F3N3O2/c1-8(11-7-25-18(28)15-10(11)3-4-14(22)17(15)24)27(2)19(29)26-9-5-12(20)16(23)13(21)6-9/h3-8H,1-2H3,(H,25,28)(H,26,29)/t8-/m0/s1. The molecule has 152 valence electrons. The van der Waals surface area contributed by atoms with E-state index in [9.17, 15) is 22.8 Å². The number of carbonyl (C=O) groups is 1. The van der Waals surface area contributed by atoms with Crippen molar-refractivity contribution in [3.63, 3.8) is 0 Å². The number of urea groups is 1. The first-order valence-corrected chi connectivity index (χ1v) is 9.05. The summed E-state index contributed by atoms with van der Waals surface area (Å²) in [6.07, 6.45) is 1.34. The van der Waals surface area contributed by atoms with E-state index in [0.29, 0.717) is 5.56 Å². The maximum Gasteiger partial charge on any atom is 0.322 e. The van der Waals surface area contributed by atoms with Crippen LogP contribution in [-0.4, -0.2) is 23.0 Å². The topological polar surface area (TPSA) is 65.2 Å². The molecule has 0 spiro atoms. The Morgan fingerprint density at radius 3 is 2.38 bits per heavy atom. The Balaban J connectivity index is 1.93. The number of hydrogen-bond donors (Lipinski definition) is 2. The van der Waals surface area contributed by atoms with E-state index in [2.05, 4.69) is 10.3 Å². The fraction of sp³-hybridized carbons (Fsp3) is 0.158. The van der Waals surface area contributed by atoms with Crippen molar-refractivity contribution >= 4 is 45.7 Å². The third-order valence-corrected chi connectivity index (χ3v) is 5.13. The van der Waals surface area contributed by atoms with E-state index in [4.69, 9.17) is 23.2 Å². The van der Waals surface area contributed by atoms with Crippen molar-refractivity contribution in [1.82, 2.24) is 9.88 Å². The fourth-order valence-electron chi connectivity index (χ4n) is 2.88. The molecule has 0 saturated heterocycles. The summed E-state index contributed by atoms with van der Waals surface area (Å²) in [5.74, 6) is -3.22. The minimum Gasteiger partial charge on any atom is -0.328 e. The van der Waals surface area contributed by atoms with Crippen molar-refractivity contribution in [2.75, 3.05) is 12.4 Å². The number of aromatic amines is 1. The number of hydrogen-bond acceptors (Lipinski definition) is 2. The van der Waals surface area contributed by atoms with Gasteiger partial charge in [0.05, 0.1) is 21.5 Å². The van der Waals surface area contributed by atoms with E-state index in [1.807, 2.05) is 0 Å². The van der Waals surface area contributed by atoms with Crippen molar-refractivity contribution in [3.8, 4) is 0 Å². The van der Waals surface area contributed by atoms with Crippen LogP contribution in [0.3, 0.4) is 0 Å². The first-order chi connectivity index (χ1) is 13.6. The predicted molar refractivity (Wildman–Crippen MR) is 106 cm³/mol. The molecule has 5 nitrogen and oxygen atoms in total. The van der Waals surface area contributed by atoms with Crippen LogP contribution >= 0.6 is 23.2 Å². The van der Waals surface area contributed by atoms with Gasteiger partial charge in [-0.1, -0.05) is 29.3 Å². The van der Waals surface area contributed by atoms with Crippen LogP contribution in [-0.2, 0) is 0 Å². The SMILES string of the molecule is C[C@@H](c1c[nH]c(=O)c2c(F)c(F)ccc12)N(C)C(=O)Nc1cc(Cl)c(F)c(Cl)c1. The second-order valence-electron chi connectivity index (χ2n) is 6.33. The average molecular weight is 444 g/mol. The van der Waals surface area contributed by atoms with Crippen LogP contribution in [0.25, 0.3) is 10.8 Å².